The van der Waals surface area contributed by atoms with Crippen LogP contribution >= 0.6 is 0 Å². The van der Waals surface area contributed by atoms with E-state index in [-0.39, 0.29) is 0 Å². The predicted molar refractivity (Wildman–Crippen MR) is 72.6 cm³/mol. The third-order valence-electron chi connectivity index (χ3n) is 2.88. The van der Waals surface area contributed by atoms with Gasteiger partial charge in [0, 0.05) is 22.2 Å². The van der Waals surface area contributed by atoms with Crippen LogP contribution in [0.15, 0.2) is 42.0 Å². The minimum absolute atomic E-state index is 0.502. The number of carbonyl (C=O) groups excluding carboxylic acids is 1. The molecule has 0 amide bonds. The van der Waals surface area contributed by atoms with Crippen molar-refractivity contribution in [3.05, 3.63) is 52.9 Å². The molecule has 0 aliphatic heterocycles. The van der Waals surface area contributed by atoms with Crippen LogP contribution in [-0.4, -0.2) is 25.0 Å². The average molecular weight is 260 g/mol. The van der Waals surface area contributed by atoms with E-state index in [2.05, 4.69) is 16.6 Å². The summed E-state index contributed by atoms with van der Waals surface area (Å²) in [6.45, 7) is 5.16. The van der Waals surface area contributed by atoms with Gasteiger partial charge in [-0.05, 0) is 26.6 Å². The van der Waals surface area contributed by atoms with Crippen molar-refractivity contribution in [2.75, 3.05) is 14.1 Å². The van der Waals surface area contributed by atoms with E-state index >= 15 is 0 Å². The molecule has 0 fully saturated rings. The quantitative estimate of drug-likeness (QED) is 0.204. The fourth-order valence-electron chi connectivity index (χ4n) is 1.53. The standard InChI is InChI=1S/C13H16N4O2/c1-5-12(18)19-13(2,17(3)4)10-6-8-11(9-7-10)15-16-14/h5-9H,1H2,2-4H3. The van der Waals surface area contributed by atoms with Gasteiger partial charge in [-0.25, -0.2) is 4.79 Å². The van der Waals surface area contributed by atoms with Gasteiger partial charge in [0.25, 0.3) is 0 Å². The summed E-state index contributed by atoms with van der Waals surface area (Å²) in [5.74, 6) is -0.504. The lowest BCUT2D eigenvalue weighted by Gasteiger charge is -2.35. The van der Waals surface area contributed by atoms with E-state index in [1.165, 1.54) is 0 Å². The van der Waals surface area contributed by atoms with Crippen molar-refractivity contribution in [1.29, 1.82) is 0 Å². The molecule has 0 aliphatic rings. The van der Waals surface area contributed by atoms with Crippen molar-refractivity contribution in [2.24, 2.45) is 5.11 Å². The smallest absolute Gasteiger partial charge is 0.332 e. The molecule has 0 spiro atoms. The molecule has 0 aromatic heterocycles. The van der Waals surface area contributed by atoms with Crippen molar-refractivity contribution in [3.8, 4) is 0 Å². The Bertz CT molecular complexity index is 518. The molecule has 1 atom stereocenters. The zero-order chi connectivity index (χ0) is 14.5. The highest BCUT2D eigenvalue weighted by molar-refractivity contribution is 5.81. The Balaban J connectivity index is 3.14. The second kappa shape index (κ2) is 6.04. The van der Waals surface area contributed by atoms with E-state index in [1.54, 1.807) is 50.2 Å². The highest BCUT2D eigenvalue weighted by Crippen LogP contribution is 2.29. The van der Waals surface area contributed by atoms with E-state index in [0.717, 1.165) is 11.6 Å². The van der Waals surface area contributed by atoms with E-state index in [4.69, 9.17) is 10.3 Å². The van der Waals surface area contributed by atoms with Crippen LogP contribution in [0, 0.1) is 0 Å². The molecule has 1 aromatic carbocycles. The lowest BCUT2D eigenvalue weighted by molar-refractivity contribution is -0.172. The third kappa shape index (κ3) is 3.34. The summed E-state index contributed by atoms with van der Waals surface area (Å²) in [7, 11) is 3.61. The maximum absolute atomic E-state index is 11.4. The van der Waals surface area contributed by atoms with E-state index in [9.17, 15) is 4.79 Å². The second-order valence-corrected chi connectivity index (χ2v) is 4.24. The normalized spacial score (nSPS) is 13.3. The Morgan fingerprint density at radius 1 is 1.47 bits per heavy atom. The highest BCUT2D eigenvalue weighted by Gasteiger charge is 2.32. The van der Waals surface area contributed by atoms with Crippen LogP contribution in [0.4, 0.5) is 5.69 Å². The molecule has 1 aromatic rings. The third-order valence-corrected chi connectivity index (χ3v) is 2.88. The predicted octanol–water partition coefficient (Wildman–Crippen LogP) is 3.09. The van der Waals surface area contributed by atoms with Crippen LogP contribution in [0.3, 0.4) is 0 Å². The molecule has 100 valence electrons. The first-order chi connectivity index (χ1) is 8.93. The first kappa shape index (κ1) is 14.8. The summed E-state index contributed by atoms with van der Waals surface area (Å²) < 4.78 is 5.40. The molecule has 0 saturated heterocycles. The first-order valence-corrected chi connectivity index (χ1v) is 5.62. The number of ether oxygens (including phenoxy) is 1. The fourth-order valence-corrected chi connectivity index (χ4v) is 1.53. The van der Waals surface area contributed by atoms with Gasteiger partial charge >= 0.3 is 5.97 Å². The van der Waals surface area contributed by atoms with Crippen molar-refractivity contribution in [3.63, 3.8) is 0 Å². The zero-order valence-electron chi connectivity index (χ0n) is 11.2. The maximum atomic E-state index is 11.4. The Labute approximate surface area is 111 Å². The topological polar surface area (TPSA) is 78.3 Å². The van der Waals surface area contributed by atoms with Gasteiger partial charge in [-0.15, -0.1) is 0 Å². The molecule has 0 radical (unpaired) electrons. The summed E-state index contributed by atoms with van der Waals surface area (Å²) in [5.41, 5.74) is 8.71. The molecule has 0 saturated carbocycles. The molecule has 6 nitrogen and oxygen atoms in total. The Morgan fingerprint density at radius 2 is 2.05 bits per heavy atom. The molecular weight excluding hydrogens is 244 g/mol. The molecule has 6 heteroatoms. The van der Waals surface area contributed by atoms with Gasteiger partial charge in [-0.2, -0.15) is 0 Å². The number of benzene rings is 1. The van der Waals surface area contributed by atoms with Crippen molar-refractivity contribution >= 4 is 11.7 Å². The van der Waals surface area contributed by atoms with Crippen molar-refractivity contribution < 1.29 is 9.53 Å². The maximum Gasteiger partial charge on any atom is 0.332 e. The van der Waals surface area contributed by atoms with Crippen molar-refractivity contribution in [2.45, 2.75) is 12.6 Å². The summed E-state index contributed by atoms with van der Waals surface area (Å²) in [6, 6.07) is 6.83. The van der Waals surface area contributed by atoms with Crippen molar-refractivity contribution in [1.82, 2.24) is 4.90 Å². The highest BCUT2D eigenvalue weighted by atomic mass is 16.6. The van der Waals surface area contributed by atoms with E-state index in [0.29, 0.717) is 5.69 Å². The van der Waals surface area contributed by atoms with Gasteiger partial charge in [0.1, 0.15) is 0 Å². The number of carbonyl (C=O) groups is 1. The summed E-state index contributed by atoms with van der Waals surface area (Å²) >= 11 is 0. The van der Waals surface area contributed by atoms with Gasteiger partial charge in [0.15, 0.2) is 5.72 Å². The zero-order valence-corrected chi connectivity index (χ0v) is 11.2. The summed E-state index contributed by atoms with van der Waals surface area (Å²) in [6.07, 6.45) is 1.12. The van der Waals surface area contributed by atoms with Gasteiger partial charge in [-0.3, -0.25) is 4.90 Å². The first-order valence-electron chi connectivity index (χ1n) is 5.62. The number of hydrogen-bond acceptors (Lipinski definition) is 4. The lowest BCUT2D eigenvalue weighted by Crippen LogP contribution is -2.42. The van der Waals surface area contributed by atoms with Crippen LogP contribution in [0.5, 0.6) is 0 Å². The largest absolute Gasteiger partial charge is 0.436 e. The molecule has 0 bridgehead atoms. The molecule has 19 heavy (non-hydrogen) atoms. The summed E-state index contributed by atoms with van der Waals surface area (Å²) in [5, 5.41) is 3.49. The molecule has 1 rings (SSSR count). The van der Waals surface area contributed by atoms with Gasteiger partial charge in [0.2, 0.25) is 0 Å². The molecule has 0 heterocycles. The van der Waals surface area contributed by atoms with Crippen LogP contribution in [0.2, 0.25) is 0 Å². The van der Waals surface area contributed by atoms with Crippen LogP contribution in [0.1, 0.15) is 12.5 Å². The number of azide groups is 1. The fraction of sp³-hybridized carbons (Fsp3) is 0.308. The van der Waals surface area contributed by atoms with E-state index in [1.807, 2.05) is 0 Å². The number of hydrogen-bond donors (Lipinski definition) is 0. The molecule has 1 unspecified atom stereocenters. The average Bonchev–Trinajstić information content (AvgIpc) is 2.39. The second-order valence-electron chi connectivity index (χ2n) is 4.24. The molecule has 0 N–H and O–H groups in total. The van der Waals surface area contributed by atoms with E-state index < -0.39 is 11.7 Å². The Morgan fingerprint density at radius 3 is 2.47 bits per heavy atom. The van der Waals surface area contributed by atoms with Gasteiger partial charge in [0.05, 0.1) is 0 Å². The van der Waals surface area contributed by atoms with Gasteiger partial charge < -0.3 is 4.74 Å². The molecular formula is C13H16N4O2. The number of rotatable bonds is 5. The summed E-state index contributed by atoms with van der Waals surface area (Å²) in [4.78, 5) is 15.9. The number of nitrogens with zero attached hydrogens (tertiary/aromatic N) is 4. The monoisotopic (exact) mass is 260 g/mol. The van der Waals surface area contributed by atoms with Gasteiger partial charge in [-0.1, -0.05) is 36.0 Å². The minimum atomic E-state index is -0.917. The molecule has 0 aliphatic carbocycles. The number of esters is 1. The van der Waals surface area contributed by atoms with Crippen LogP contribution < -0.4 is 0 Å². The Hall–Kier alpha value is -2.30. The van der Waals surface area contributed by atoms with Crippen LogP contribution in [0.25, 0.3) is 10.4 Å². The minimum Gasteiger partial charge on any atom is -0.436 e. The Kier molecular flexibility index (Phi) is 4.69. The lowest BCUT2D eigenvalue weighted by atomic mass is 10.0. The SMILES string of the molecule is C=CC(=O)OC(C)(c1ccc(N=[N+]=[N-])cc1)N(C)C. The van der Waals surface area contributed by atoms with Crippen LogP contribution in [-0.2, 0) is 15.3 Å².